The summed E-state index contributed by atoms with van der Waals surface area (Å²) in [5, 5.41) is 13.0. The number of amides is 1. The van der Waals surface area contributed by atoms with Crippen molar-refractivity contribution in [2.75, 3.05) is 6.61 Å². The molecule has 4 nitrogen and oxygen atoms in total. The molecule has 2 N–H and O–H groups in total. The molecule has 1 aromatic heterocycles. The van der Waals surface area contributed by atoms with Crippen molar-refractivity contribution in [1.29, 1.82) is 0 Å². The minimum Gasteiger partial charge on any atom is -0.394 e. The molecule has 0 aliphatic rings. The molecule has 1 aromatic carbocycles. The average molecular weight is 306 g/mol. The number of aliphatic hydroxyl groups is 1. The van der Waals surface area contributed by atoms with E-state index in [0.717, 1.165) is 36.2 Å². The van der Waals surface area contributed by atoms with E-state index < -0.39 is 0 Å². The summed E-state index contributed by atoms with van der Waals surface area (Å²) in [4.78, 5) is 16.3. The molecule has 2 rings (SSSR count). The van der Waals surface area contributed by atoms with E-state index >= 15 is 0 Å². The Kier molecular flexibility index (Phi) is 6.14. The number of thiazole rings is 1. The number of aliphatic hydroxyl groups excluding tert-OH is 1. The van der Waals surface area contributed by atoms with E-state index in [1.54, 1.807) is 11.3 Å². The third kappa shape index (κ3) is 4.79. The molecule has 5 heteroatoms. The number of unbranched alkanes of at least 4 members (excludes halogenated alkanes) is 1. The molecule has 21 heavy (non-hydrogen) atoms. The molecular weight excluding hydrogens is 284 g/mol. The smallest absolute Gasteiger partial charge is 0.220 e. The number of carbonyl (C=O) groups is 1. The van der Waals surface area contributed by atoms with Crippen LogP contribution in [-0.4, -0.2) is 28.6 Å². The fourth-order valence-electron chi connectivity index (χ4n) is 2.17. The second-order valence-corrected chi connectivity index (χ2v) is 6.25. The minimum atomic E-state index is -0.109. The number of nitrogens with one attached hydrogen (secondary N) is 1. The molecule has 1 unspecified atom stereocenters. The van der Waals surface area contributed by atoms with Crippen LogP contribution in [0.5, 0.6) is 0 Å². The maximum absolute atomic E-state index is 11.7. The number of nitrogens with zero attached hydrogens (tertiary/aromatic N) is 1. The summed E-state index contributed by atoms with van der Waals surface area (Å²) in [6, 6.07) is 8.04. The van der Waals surface area contributed by atoms with Gasteiger partial charge in [0.25, 0.3) is 0 Å². The maximum atomic E-state index is 11.7. The highest BCUT2D eigenvalue weighted by atomic mass is 32.1. The lowest BCUT2D eigenvalue weighted by molar-refractivity contribution is -0.122. The van der Waals surface area contributed by atoms with Crippen LogP contribution in [0.2, 0.25) is 0 Å². The lowest BCUT2D eigenvalue weighted by atomic mass is 10.1. The quantitative estimate of drug-likeness (QED) is 0.737. The highest BCUT2D eigenvalue weighted by Gasteiger charge is 2.09. The monoisotopic (exact) mass is 306 g/mol. The summed E-state index contributed by atoms with van der Waals surface area (Å²) >= 11 is 1.73. The van der Waals surface area contributed by atoms with Gasteiger partial charge in [0.05, 0.1) is 27.9 Å². The number of hydrogen-bond donors (Lipinski definition) is 2. The minimum absolute atomic E-state index is 0.00788. The first-order valence-electron chi connectivity index (χ1n) is 7.47. The number of aromatic nitrogens is 1. The third-order valence-electron chi connectivity index (χ3n) is 3.46. The first-order valence-corrected chi connectivity index (χ1v) is 8.29. The molecule has 1 atom stereocenters. The average Bonchev–Trinajstić information content (AvgIpc) is 2.92. The topological polar surface area (TPSA) is 62.2 Å². The van der Waals surface area contributed by atoms with Crippen molar-refractivity contribution in [2.45, 2.75) is 45.1 Å². The molecule has 0 aliphatic carbocycles. The molecule has 1 amide bonds. The Morgan fingerprint density at radius 1 is 1.38 bits per heavy atom. The van der Waals surface area contributed by atoms with E-state index in [1.165, 1.54) is 4.70 Å². The van der Waals surface area contributed by atoms with Crippen molar-refractivity contribution < 1.29 is 9.90 Å². The number of rotatable bonds is 8. The predicted octanol–water partition coefficient (Wildman–Crippen LogP) is 2.90. The van der Waals surface area contributed by atoms with Crippen LogP contribution < -0.4 is 5.32 Å². The van der Waals surface area contributed by atoms with Crippen LogP contribution in [0.1, 0.15) is 37.6 Å². The van der Waals surface area contributed by atoms with Gasteiger partial charge in [-0.05, 0) is 37.8 Å². The van der Waals surface area contributed by atoms with E-state index in [1.807, 2.05) is 25.1 Å². The number of fused-ring (bicyclic) bond motifs is 1. The molecule has 2 aromatic rings. The molecule has 0 bridgehead atoms. The molecule has 0 saturated carbocycles. The van der Waals surface area contributed by atoms with Gasteiger partial charge in [-0.25, -0.2) is 4.98 Å². The van der Waals surface area contributed by atoms with Crippen LogP contribution in [0, 0.1) is 0 Å². The Morgan fingerprint density at radius 3 is 2.90 bits per heavy atom. The van der Waals surface area contributed by atoms with Crippen molar-refractivity contribution in [3.05, 3.63) is 29.3 Å². The molecule has 114 valence electrons. The molecule has 0 spiro atoms. The second kappa shape index (κ2) is 8.10. The third-order valence-corrected chi connectivity index (χ3v) is 4.56. The van der Waals surface area contributed by atoms with Gasteiger partial charge >= 0.3 is 0 Å². The lowest BCUT2D eigenvalue weighted by Crippen LogP contribution is -2.36. The normalized spacial score (nSPS) is 12.5. The molecule has 0 saturated heterocycles. The SMILES string of the molecule is CCC(CO)NC(=O)CCCCc1nc2ccccc2s1. The molecule has 0 radical (unpaired) electrons. The van der Waals surface area contributed by atoms with Gasteiger partial charge in [-0.2, -0.15) is 0 Å². The van der Waals surface area contributed by atoms with Gasteiger partial charge < -0.3 is 10.4 Å². The first kappa shape index (κ1) is 15.9. The van der Waals surface area contributed by atoms with Gasteiger partial charge in [0.15, 0.2) is 0 Å². The number of benzene rings is 1. The van der Waals surface area contributed by atoms with Crippen LogP contribution in [0.4, 0.5) is 0 Å². The van der Waals surface area contributed by atoms with Crippen molar-refractivity contribution >= 4 is 27.5 Å². The van der Waals surface area contributed by atoms with Gasteiger partial charge in [-0.3, -0.25) is 4.79 Å². The summed E-state index contributed by atoms with van der Waals surface area (Å²) in [6.07, 6.45) is 4.01. The summed E-state index contributed by atoms with van der Waals surface area (Å²) in [6.45, 7) is 1.96. The number of hydrogen-bond acceptors (Lipinski definition) is 4. The fraction of sp³-hybridized carbons (Fsp3) is 0.500. The van der Waals surface area contributed by atoms with Gasteiger partial charge in [0, 0.05) is 6.42 Å². The standard InChI is InChI=1S/C16H22N2O2S/c1-2-12(11-19)17-15(20)9-5-6-10-16-18-13-7-3-4-8-14(13)21-16/h3-4,7-8,12,19H,2,5-6,9-11H2,1H3,(H,17,20). The van der Waals surface area contributed by atoms with Gasteiger partial charge in [0.1, 0.15) is 0 Å². The number of carbonyl (C=O) groups excluding carboxylic acids is 1. The molecular formula is C16H22N2O2S. The number of aryl methyl sites for hydroxylation is 1. The fourth-order valence-corrected chi connectivity index (χ4v) is 3.17. The van der Waals surface area contributed by atoms with Gasteiger partial charge in [0.2, 0.25) is 5.91 Å². The predicted molar refractivity (Wildman–Crippen MR) is 86.5 cm³/mol. The van der Waals surface area contributed by atoms with Crippen LogP contribution in [0.3, 0.4) is 0 Å². The lowest BCUT2D eigenvalue weighted by Gasteiger charge is -2.13. The highest BCUT2D eigenvalue weighted by Crippen LogP contribution is 2.22. The van der Waals surface area contributed by atoms with Crippen LogP contribution in [0.25, 0.3) is 10.2 Å². The van der Waals surface area contributed by atoms with E-state index in [-0.39, 0.29) is 18.6 Å². The Bertz CT molecular complexity index is 545. The van der Waals surface area contributed by atoms with Crippen molar-refractivity contribution in [3.63, 3.8) is 0 Å². The van der Waals surface area contributed by atoms with E-state index in [2.05, 4.69) is 16.4 Å². The maximum Gasteiger partial charge on any atom is 0.220 e. The van der Waals surface area contributed by atoms with Crippen molar-refractivity contribution in [2.24, 2.45) is 0 Å². The highest BCUT2D eigenvalue weighted by molar-refractivity contribution is 7.18. The summed E-state index contributed by atoms with van der Waals surface area (Å²) in [5.74, 6) is 0.0280. The summed E-state index contributed by atoms with van der Waals surface area (Å²) in [7, 11) is 0. The zero-order valence-corrected chi connectivity index (χ0v) is 13.2. The Balaban J connectivity index is 1.71. The Hall–Kier alpha value is -1.46. The van der Waals surface area contributed by atoms with Crippen molar-refractivity contribution in [1.82, 2.24) is 10.3 Å². The molecule has 0 fully saturated rings. The van der Waals surface area contributed by atoms with E-state index in [0.29, 0.717) is 6.42 Å². The Morgan fingerprint density at radius 2 is 2.19 bits per heavy atom. The van der Waals surface area contributed by atoms with Gasteiger partial charge in [-0.1, -0.05) is 19.1 Å². The second-order valence-electron chi connectivity index (χ2n) is 5.14. The van der Waals surface area contributed by atoms with E-state index in [9.17, 15) is 4.79 Å². The van der Waals surface area contributed by atoms with Crippen LogP contribution in [-0.2, 0) is 11.2 Å². The van der Waals surface area contributed by atoms with Crippen LogP contribution in [0.15, 0.2) is 24.3 Å². The molecule has 0 aliphatic heterocycles. The molecule has 1 heterocycles. The summed E-state index contributed by atoms with van der Waals surface area (Å²) < 4.78 is 1.22. The first-order chi connectivity index (χ1) is 10.2. The van der Waals surface area contributed by atoms with E-state index in [4.69, 9.17) is 5.11 Å². The zero-order chi connectivity index (χ0) is 15.1. The largest absolute Gasteiger partial charge is 0.394 e. The Labute approximate surface area is 129 Å². The summed E-state index contributed by atoms with van der Waals surface area (Å²) in [5.41, 5.74) is 1.06. The number of para-hydroxylation sites is 1. The van der Waals surface area contributed by atoms with Crippen molar-refractivity contribution in [3.8, 4) is 0 Å². The van der Waals surface area contributed by atoms with Crippen LogP contribution >= 0.6 is 11.3 Å². The van der Waals surface area contributed by atoms with Gasteiger partial charge in [-0.15, -0.1) is 11.3 Å². The zero-order valence-electron chi connectivity index (χ0n) is 12.3.